The molecule has 2 aromatic rings. The Morgan fingerprint density at radius 1 is 0.850 bits per heavy atom. The molecule has 0 radical (unpaired) electrons. The fourth-order valence-corrected chi connectivity index (χ4v) is 2.08. The zero-order valence-corrected chi connectivity index (χ0v) is 11.4. The summed E-state index contributed by atoms with van der Waals surface area (Å²) >= 11 is 0. The largest absolute Gasteiger partial charge is 0.300 e. The van der Waals surface area contributed by atoms with Gasteiger partial charge in [-0.1, -0.05) is 42.5 Å². The highest BCUT2D eigenvalue weighted by molar-refractivity contribution is 5.78. The first kappa shape index (κ1) is 14.0. The van der Waals surface area contributed by atoms with E-state index in [9.17, 15) is 4.79 Å². The van der Waals surface area contributed by atoms with Crippen molar-refractivity contribution in [2.24, 2.45) is 0 Å². The highest BCUT2D eigenvalue weighted by atomic mass is 16.1. The lowest BCUT2D eigenvalue weighted by Crippen LogP contribution is -2.02. The second kappa shape index (κ2) is 7.25. The van der Waals surface area contributed by atoms with Gasteiger partial charge in [-0.2, -0.15) is 5.26 Å². The Labute approximate surface area is 119 Å². The molecule has 0 aliphatic rings. The van der Waals surface area contributed by atoms with Crippen LogP contribution in [0.15, 0.2) is 54.6 Å². The molecule has 0 bridgehead atoms. The number of nitrogens with zero attached hydrogens (tertiary/aromatic N) is 1. The van der Waals surface area contributed by atoms with E-state index in [4.69, 9.17) is 5.26 Å². The van der Waals surface area contributed by atoms with Gasteiger partial charge in [0.2, 0.25) is 0 Å². The van der Waals surface area contributed by atoms with Crippen LogP contribution >= 0.6 is 0 Å². The van der Waals surface area contributed by atoms with Crippen LogP contribution in [-0.4, -0.2) is 5.78 Å². The molecular weight excluding hydrogens is 246 g/mol. The maximum atomic E-state index is 11.9. The Kier molecular flexibility index (Phi) is 5.08. The van der Waals surface area contributed by atoms with Crippen LogP contribution in [0, 0.1) is 11.3 Å². The van der Waals surface area contributed by atoms with Crippen LogP contribution in [-0.2, 0) is 17.6 Å². The topological polar surface area (TPSA) is 40.9 Å². The number of hydrogen-bond acceptors (Lipinski definition) is 2. The summed E-state index contributed by atoms with van der Waals surface area (Å²) in [6, 6.07) is 19.6. The number of ketones is 1. The lowest BCUT2D eigenvalue weighted by molar-refractivity contribution is -0.119. The van der Waals surface area contributed by atoms with E-state index in [1.165, 1.54) is 5.56 Å². The number of aryl methyl sites for hydroxylation is 2. The lowest BCUT2D eigenvalue weighted by atomic mass is 10.0. The van der Waals surface area contributed by atoms with Gasteiger partial charge in [-0.15, -0.1) is 0 Å². The smallest absolute Gasteiger partial charge is 0.133 e. The minimum Gasteiger partial charge on any atom is -0.300 e. The highest BCUT2D eigenvalue weighted by Gasteiger charge is 2.03. The maximum absolute atomic E-state index is 11.9. The van der Waals surface area contributed by atoms with Gasteiger partial charge < -0.3 is 0 Å². The molecule has 20 heavy (non-hydrogen) atoms. The van der Waals surface area contributed by atoms with E-state index in [0.29, 0.717) is 24.2 Å². The molecule has 0 aliphatic heterocycles. The highest BCUT2D eigenvalue weighted by Crippen LogP contribution is 2.09. The first-order valence-corrected chi connectivity index (χ1v) is 6.82. The van der Waals surface area contributed by atoms with Gasteiger partial charge in [0.25, 0.3) is 0 Å². The normalized spacial score (nSPS) is 9.95. The van der Waals surface area contributed by atoms with Crippen LogP contribution in [0.3, 0.4) is 0 Å². The summed E-state index contributed by atoms with van der Waals surface area (Å²) in [6.45, 7) is 0. The monoisotopic (exact) mass is 263 g/mol. The van der Waals surface area contributed by atoms with Crippen molar-refractivity contribution in [3.05, 3.63) is 71.3 Å². The molecule has 0 heterocycles. The molecule has 2 aromatic carbocycles. The predicted molar refractivity (Wildman–Crippen MR) is 79.2 cm³/mol. The molecule has 0 saturated carbocycles. The third-order valence-electron chi connectivity index (χ3n) is 3.31. The Morgan fingerprint density at radius 2 is 1.40 bits per heavy atom. The molecule has 0 saturated heterocycles. The zero-order chi connectivity index (χ0) is 14.2. The quantitative estimate of drug-likeness (QED) is 0.797. The van der Waals surface area contributed by atoms with Gasteiger partial charge in [0.05, 0.1) is 11.6 Å². The van der Waals surface area contributed by atoms with Gasteiger partial charge in [0.15, 0.2) is 0 Å². The SMILES string of the molecule is N#Cc1ccc(CCC(=O)CCc2ccccc2)cc1. The van der Waals surface area contributed by atoms with Gasteiger partial charge in [0.1, 0.15) is 5.78 Å². The third kappa shape index (κ3) is 4.37. The van der Waals surface area contributed by atoms with Crippen molar-refractivity contribution in [1.29, 1.82) is 5.26 Å². The first-order valence-electron chi connectivity index (χ1n) is 6.82. The van der Waals surface area contributed by atoms with Crippen molar-refractivity contribution < 1.29 is 4.79 Å². The van der Waals surface area contributed by atoms with Gasteiger partial charge in [-0.3, -0.25) is 4.79 Å². The molecule has 0 unspecified atom stereocenters. The predicted octanol–water partition coefficient (Wildman–Crippen LogP) is 3.69. The molecule has 2 nitrogen and oxygen atoms in total. The van der Waals surface area contributed by atoms with Crippen molar-refractivity contribution in [3.63, 3.8) is 0 Å². The Hall–Kier alpha value is -2.40. The molecule has 0 amide bonds. The minimum absolute atomic E-state index is 0.290. The molecule has 2 rings (SSSR count). The number of rotatable bonds is 6. The molecule has 0 spiro atoms. The fourth-order valence-electron chi connectivity index (χ4n) is 2.08. The van der Waals surface area contributed by atoms with Crippen molar-refractivity contribution in [2.45, 2.75) is 25.7 Å². The summed E-state index contributed by atoms with van der Waals surface area (Å²) in [7, 11) is 0. The van der Waals surface area contributed by atoms with Crippen LogP contribution in [0.25, 0.3) is 0 Å². The molecular formula is C18H17NO. The number of carbonyl (C=O) groups is 1. The Bertz CT molecular complexity index is 594. The number of carbonyl (C=O) groups excluding carboxylic acids is 1. The van der Waals surface area contributed by atoms with Crippen molar-refractivity contribution >= 4 is 5.78 Å². The average molecular weight is 263 g/mol. The number of benzene rings is 2. The second-order valence-corrected chi connectivity index (χ2v) is 4.83. The van der Waals surface area contributed by atoms with Crippen molar-refractivity contribution in [1.82, 2.24) is 0 Å². The molecule has 0 aromatic heterocycles. The average Bonchev–Trinajstić information content (AvgIpc) is 2.52. The van der Waals surface area contributed by atoms with Gasteiger partial charge >= 0.3 is 0 Å². The molecule has 2 heteroatoms. The van der Waals surface area contributed by atoms with E-state index in [0.717, 1.165) is 18.4 Å². The van der Waals surface area contributed by atoms with Crippen LogP contribution in [0.1, 0.15) is 29.5 Å². The summed E-state index contributed by atoms with van der Waals surface area (Å²) < 4.78 is 0. The van der Waals surface area contributed by atoms with Gasteiger partial charge in [0, 0.05) is 12.8 Å². The fraction of sp³-hybridized carbons (Fsp3) is 0.222. The maximum Gasteiger partial charge on any atom is 0.133 e. The number of hydrogen-bond donors (Lipinski definition) is 0. The first-order chi connectivity index (χ1) is 9.78. The number of nitriles is 1. The second-order valence-electron chi connectivity index (χ2n) is 4.83. The van der Waals surface area contributed by atoms with Crippen LogP contribution in [0.2, 0.25) is 0 Å². The third-order valence-corrected chi connectivity index (χ3v) is 3.31. The van der Waals surface area contributed by atoms with Gasteiger partial charge in [-0.25, -0.2) is 0 Å². The van der Waals surface area contributed by atoms with Crippen LogP contribution < -0.4 is 0 Å². The molecule has 0 aliphatic carbocycles. The molecule has 0 N–H and O–H groups in total. The van der Waals surface area contributed by atoms with E-state index < -0.39 is 0 Å². The van der Waals surface area contributed by atoms with Gasteiger partial charge in [-0.05, 0) is 36.1 Å². The standard InChI is InChI=1S/C18H17NO/c19-14-17-8-6-16(7-9-17)11-13-18(20)12-10-15-4-2-1-3-5-15/h1-9H,10-13H2. The van der Waals surface area contributed by atoms with Crippen LogP contribution in [0.5, 0.6) is 0 Å². The van der Waals surface area contributed by atoms with Crippen LogP contribution in [0.4, 0.5) is 0 Å². The summed E-state index contributed by atoms with van der Waals surface area (Å²) in [6.07, 6.45) is 2.73. The summed E-state index contributed by atoms with van der Waals surface area (Å²) in [5.74, 6) is 0.290. The summed E-state index contributed by atoms with van der Waals surface area (Å²) in [4.78, 5) is 11.9. The van der Waals surface area contributed by atoms with E-state index in [1.54, 1.807) is 12.1 Å². The Balaban J connectivity index is 1.76. The van der Waals surface area contributed by atoms with E-state index in [2.05, 4.69) is 6.07 Å². The molecule has 100 valence electrons. The molecule has 0 atom stereocenters. The van der Waals surface area contributed by atoms with Crippen molar-refractivity contribution in [2.75, 3.05) is 0 Å². The van der Waals surface area contributed by atoms with E-state index in [-0.39, 0.29) is 0 Å². The summed E-state index contributed by atoms with van der Waals surface area (Å²) in [5, 5.41) is 8.72. The van der Waals surface area contributed by atoms with Crippen molar-refractivity contribution in [3.8, 4) is 6.07 Å². The number of Topliss-reactive ketones (excluding diaryl/α,β-unsaturated/α-hetero) is 1. The van der Waals surface area contributed by atoms with E-state index >= 15 is 0 Å². The Morgan fingerprint density at radius 3 is 1.95 bits per heavy atom. The molecule has 0 fully saturated rings. The minimum atomic E-state index is 0.290. The van der Waals surface area contributed by atoms with E-state index in [1.807, 2.05) is 42.5 Å². The lowest BCUT2D eigenvalue weighted by Gasteiger charge is -2.02. The summed E-state index contributed by atoms with van der Waals surface area (Å²) in [5.41, 5.74) is 2.97. The zero-order valence-electron chi connectivity index (χ0n) is 11.4.